The van der Waals surface area contributed by atoms with Gasteiger partial charge in [-0.15, -0.1) is 0 Å². The minimum absolute atomic E-state index is 1.60. The first-order valence-electron chi connectivity index (χ1n) is 2.11. The third kappa shape index (κ3) is 5.08. The SMILES string of the molecule is C=CN/C=C\NC. The van der Waals surface area contributed by atoms with E-state index in [2.05, 4.69) is 17.2 Å². The lowest BCUT2D eigenvalue weighted by molar-refractivity contribution is 1.06. The van der Waals surface area contributed by atoms with E-state index < -0.39 is 0 Å². The van der Waals surface area contributed by atoms with Crippen LogP contribution in [0, 0.1) is 0 Å². The van der Waals surface area contributed by atoms with Gasteiger partial charge in [0.15, 0.2) is 0 Å². The van der Waals surface area contributed by atoms with E-state index in [4.69, 9.17) is 0 Å². The molecule has 0 fully saturated rings. The highest BCUT2D eigenvalue weighted by Gasteiger charge is 1.56. The van der Waals surface area contributed by atoms with Crippen LogP contribution in [0.2, 0.25) is 0 Å². The summed E-state index contributed by atoms with van der Waals surface area (Å²) in [7, 11) is 1.83. The van der Waals surface area contributed by atoms with E-state index in [-0.39, 0.29) is 0 Å². The van der Waals surface area contributed by atoms with E-state index in [0.717, 1.165) is 0 Å². The largest absolute Gasteiger partial charge is 0.393 e. The highest BCUT2D eigenvalue weighted by Crippen LogP contribution is 1.55. The van der Waals surface area contributed by atoms with Gasteiger partial charge in [-0.2, -0.15) is 0 Å². The molecule has 0 aromatic rings. The van der Waals surface area contributed by atoms with Gasteiger partial charge in [-0.3, -0.25) is 0 Å². The summed E-state index contributed by atoms with van der Waals surface area (Å²) < 4.78 is 0. The normalized spacial score (nSPS) is 8.71. The molecule has 0 aliphatic carbocycles. The zero-order valence-electron chi connectivity index (χ0n) is 4.44. The van der Waals surface area contributed by atoms with Gasteiger partial charge >= 0.3 is 0 Å². The highest BCUT2D eigenvalue weighted by atomic mass is 14.8. The van der Waals surface area contributed by atoms with Gasteiger partial charge in [-0.1, -0.05) is 6.58 Å². The first-order chi connectivity index (χ1) is 3.41. The molecule has 7 heavy (non-hydrogen) atoms. The van der Waals surface area contributed by atoms with Crippen LogP contribution in [0.4, 0.5) is 0 Å². The number of rotatable bonds is 3. The van der Waals surface area contributed by atoms with Crippen molar-refractivity contribution in [2.24, 2.45) is 0 Å². The zero-order chi connectivity index (χ0) is 5.54. The molecule has 0 atom stereocenters. The van der Waals surface area contributed by atoms with Gasteiger partial charge in [-0.25, -0.2) is 0 Å². The highest BCUT2D eigenvalue weighted by molar-refractivity contribution is 4.80. The lowest BCUT2D eigenvalue weighted by atomic mass is 10.8. The lowest BCUT2D eigenvalue weighted by Crippen LogP contribution is -1.97. The number of nitrogens with one attached hydrogen (secondary N) is 2. The minimum atomic E-state index is 1.60. The van der Waals surface area contributed by atoms with Crippen molar-refractivity contribution < 1.29 is 0 Å². The maximum Gasteiger partial charge on any atom is 0.0163 e. The molecule has 0 amide bonds. The summed E-state index contributed by atoms with van der Waals surface area (Å²) in [5.41, 5.74) is 0. The molecule has 0 saturated heterocycles. The van der Waals surface area contributed by atoms with Crippen LogP contribution in [-0.2, 0) is 0 Å². The fourth-order valence-electron chi connectivity index (χ4n) is 0.199. The van der Waals surface area contributed by atoms with Gasteiger partial charge in [0.1, 0.15) is 0 Å². The van der Waals surface area contributed by atoms with Crippen LogP contribution in [0.15, 0.2) is 25.2 Å². The van der Waals surface area contributed by atoms with Crippen LogP contribution in [0.5, 0.6) is 0 Å². The molecular weight excluding hydrogens is 88.1 g/mol. The third-order valence-corrected chi connectivity index (χ3v) is 0.464. The Morgan fingerprint density at radius 1 is 1.43 bits per heavy atom. The van der Waals surface area contributed by atoms with Crippen LogP contribution in [-0.4, -0.2) is 7.05 Å². The molecule has 2 nitrogen and oxygen atoms in total. The van der Waals surface area contributed by atoms with Crippen molar-refractivity contribution in [1.82, 2.24) is 10.6 Å². The number of hydrogen-bond acceptors (Lipinski definition) is 2. The van der Waals surface area contributed by atoms with Gasteiger partial charge < -0.3 is 10.6 Å². The maximum absolute atomic E-state index is 3.44. The van der Waals surface area contributed by atoms with Crippen molar-refractivity contribution in [2.75, 3.05) is 7.05 Å². The molecule has 0 aliphatic rings. The monoisotopic (exact) mass is 98.1 g/mol. The molecule has 0 rings (SSSR count). The predicted octanol–water partition coefficient (Wildman–Crippen LogP) is 0.410. The van der Waals surface area contributed by atoms with Gasteiger partial charge in [0.25, 0.3) is 0 Å². The summed E-state index contributed by atoms with van der Waals surface area (Å²) >= 11 is 0. The van der Waals surface area contributed by atoms with Crippen LogP contribution in [0.3, 0.4) is 0 Å². The zero-order valence-corrected chi connectivity index (χ0v) is 4.44. The van der Waals surface area contributed by atoms with E-state index in [1.165, 1.54) is 0 Å². The van der Waals surface area contributed by atoms with E-state index in [9.17, 15) is 0 Å². The summed E-state index contributed by atoms with van der Waals surface area (Å²) in [6.07, 6.45) is 5.14. The molecule has 0 bridgehead atoms. The van der Waals surface area contributed by atoms with Gasteiger partial charge in [0, 0.05) is 19.4 Å². The molecule has 2 heteroatoms. The molecule has 0 aliphatic heterocycles. The third-order valence-electron chi connectivity index (χ3n) is 0.464. The van der Waals surface area contributed by atoms with Crippen LogP contribution in [0.1, 0.15) is 0 Å². The smallest absolute Gasteiger partial charge is 0.0163 e. The second-order valence-corrected chi connectivity index (χ2v) is 0.993. The Labute approximate surface area is 43.9 Å². The Hall–Kier alpha value is -0.920. The summed E-state index contributed by atoms with van der Waals surface area (Å²) in [5.74, 6) is 0. The molecule has 40 valence electrons. The minimum Gasteiger partial charge on any atom is -0.393 e. The van der Waals surface area contributed by atoms with E-state index in [0.29, 0.717) is 0 Å². The van der Waals surface area contributed by atoms with Crippen molar-refractivity contribution >= 4 is 0 Å². The van der Waals surface area contributed by atoms with Crippen LogP contribution >= 0.6 is 0 Å². The Kier molecular flexibility index (Phi) is 4.41. The van der Waals surface area contributed by atoms with E-state index >= 15 is 0 Å². The molecule has 0 saturated carbocycles. The molecule has 0 radical (unpaired) electrons. The average Bonchev–Trinajstić information content (AvgIpc) is 1.69. The molecule has 0 unspecified atom stereocenters. The summed E-state index contributed by atoms with van der Waals surface area (Å²) in [6, 6.07) is 0. The molecule has 2 N–H and O–H groups in total. The topological polar surface area (TPSA) is 24.1 Å². The van der Waals surface area contributed by atoms with Gasteiger partial charge in [0.05, 0.1) is 0 Å². The molecule has 0 aromatic carbocycles. The first kappa shape index (κ1) is 6.08. The predicted molar refractivity (Wildman–Crippen MR) is 31.5 cm³/mol. The van der Waals surface area contributed by atoms with Crippen molar-refractivity contribution in [2.45, 2.75) is 0 Å². The Morgan fingerprint density at radius 2 is 2.14 bits per heavy atom. The number of hydrogen-bond donors (Lipinski definition) is 2. The molecule has 0 heterocycles. The second kappa shape index (κ2) is 5.08. The average molecular weight is 98.1 g/mol. The second-order valence-electron chi connectivity index (χ2n) is 0.993. The van der Waals surface area contributed by atoms with Gasteiger partial charge in [0.2, 0.25) is 0 Å². The Balaban J connectivity index is 2.92. The quantitative estimate of drug-likeness (QED) is 0.534. The lowest BCUT2D eigenvalue weighted by Gasteiger charge is -1.84. The summed E-state index contributed by atoms with van der Waals surface area (Å²) in [4.78, 5) is 0. The summed E-state index contributed by atoms with van der Waals surface area (Å²) in [5, 5.41) is 5.58. The molecule has 0 aromatic heterocycles. The summed E-state index contributed by atoms with van der Waals surface area (Å²) in [6.45, 7) is 3.44. The van der Waals surface area contributed by atoms with Crippen molar-refractivity contribution in [1.29, 1.82) is 0 Å². The standard InChI is InChI=1S/C5H10N2/c1-3-7-5-4-6-2/h3-7H,1H2,2H3/b5-4-. The van der Waals surface area contributed by atoms with Crippen LogP contribution in [0.25, 0.3) is 0 Å². The fraction of sp³-hybridized carbons (Fsp3) is 0.200. The van der Waals surface area contributed by atoms with Crippen molar-refractivity contribution in [3.63, 3.8) is 0 Å². The van der Waals surface area contributed by atoms with Crippen molar-refractivity contribution in [3.8, 4) is 0 Å². The van der Waals surface area contributed by atoms with E-state index in [1.54, 1.807) is 18.6 Å². The van der Waals surface area contributed by atoms with E-state index in [1.807, 2.05) is 7.05 Å². The first-order valence-corrected chi connectivity index (χ1v) is 2.11. The maximum atomic E-state index is 3.44. The molecule has 0 spiro atoms. The van der Waals surface area contributed by atoms with Crippen LogP contribution < -0.4 is 10.6 Å². The Bertz CT molecular complexity index is 66.5. The molecular formula is C5H10N2. The van der Waals surface area contributed by atoms with Gasteiger partial charge in [-0.05, 0) is 6.20 Å². The van der Waals surface area contributed by atoms with Crippen molar-refractivity contribution in [3.05, 3.63) is 25.2 Å². The Morgan fingerprint density at radius 3 is 2.57 bits per heavy atom. The fourth-order valence-corrected chi connectivity index (χ4v) is 0.199.